The zero-order valence-corrected chi connectivity index (χ0v) is 14.3. The lowest BCUT2D eigenvalue weighted by Crippen LogP contribution is -2.39. The molecule has 2 saturated carbocycles. The summed E-state index contributed by atoms with van der Waals surface area (Å²) in [5, 5.41) is 0. The number of rotatable bonds is 2. The van der Waals surface area contributed by atoms with Crippen LogP contribution in [-0.2, 0) is 0 Å². The molecule has 2 N–H and O–H groups in total. The van der Waals surface area contributed by atoms with Crippen molar-refractivity contribution < 1.29 is 9.13 Å². The van der Waals surface area contributed by atoms with Crippen LogP contribution in [0.5, 0.6) is 5.75 Å². The third kappa shape index (κ3) is 1.86. The van der Waals surface area contributed by atoms with Crippen LogP contribution in [0.25, 0.3) is 0 Å². The maximum absolute atomic E-state index is 13.7. The fourth-order valence-electron chi connectivity index (χ4n) is 4.11. The minimum absolute atomic E-state index is 0.137. The topological polar surface area (TPSA) is 35.2 Å². The second kappa shape index (κ2) is 4.49. The Morgan fingerprint density at radius 3 is 2.60 bits per heavy atom. The average Bonchev–Trinajstić information content (AvgIpc) is 2.69. The monoisotopic (exact) mass is 389 g/mol. The molecular formula is C16H21FINO. The van der Waals surface area contributed by atoms with Crippen molar-refractivity contribution in [1.29, 1.82) is 0 Å². The van der Waals surface area contributed by atoms with E-state index >= 15 is 0 Å². The van der Waals surface area contributed by atoms with Gasteiger partial charge in [-0.2, -0.15) is 0 Å². The predicted octanol–water partition coefficient (Wildman–Crippen LogP) is 4.61. The van der Waals surface area contributed by atoms with Gasteiger partial charge in [0.15, 0.2) is 0 Å². The summed E-state index contributed by atoms with van der Waals surface area (Å²) in [6.45, 7) is 6.99. The van der Waals surface area contributed by atoms with Crippen LogP contribution in [0.15, 0.2) is 12.1 Å². The minimum Gasteiger partial charge on any atom is -0.488 e. The second-order valence-corrected chi connectivity index (χ2v) is 8.18. The van der Waals surface area contributed by atoms with E-state index in [2.05, 4.69) is 20.8 Å². The van der Waals surface area contributed by atoms with E-state index in [-0.39, 0.29) is 22.8 Å². The SMILES string of the molecule is CC1(C)C2CCC1(C)C(Oc1cc(F)c(I)cc1N)C2. The summed E-state index contributed by atoms with van der Waals surface area (Å²) in [6.07, 6.45) is 3.65. The molecule has 2 aliphatic rings. The van der Waals surface area contributed by atoms with Gasteiger partial charge < -0.3 is 10.5 Å². The number of fused-ring (bicyclic) bond motifs is 2. The number of ether oxygens (including phenoxy) is 1. The van der Waals surface area contributed by atoms with Crippen molar-refractivity contribution in [1.82, 2.24) is 0 Å². The first-order valence-electron chi connectivity index (χ1n) is 7.17. The summed E-state index contributed by atoms with van der Waals surface area (Å²) in [7, 11) is 0. The van der Waals surface area contributed by atoms with E-state index < -0.39 is 0 Å². The first kappa shape index (κ1) is 14.4. The molecule has 0 saturated heterocycles. The van der Waals surface area contributed by atoms with Crippen LogP contribution in [0.3, 0.4) is 0 Å². The predicted molar refractivity (Wildman–Crippen MR) is 87.2 cm³/mol. The lowest BCUT2D eigenvalue weighted by molar-refractivity contribution is 0.0304. The molecule has 0 amide bonds. The maximum atomic E-state index is 13.7. The van der Waals surface area contributed by atoms with Crippen LogP contribution in [-0.4, -0.2) is 6.10 Å². The third-order valence-corrected chi connectivity index (χ3v) is 6.86. The molecule has 0 aromatic heterocycles. The molecule has 2 bridgehead atoms. The second-order valence-electron chi connectivity index (χ2n) is 7.02. The van der Waals surface area contributed by atoms with Crippen molar-refractivity contribution in [2.45, 2.75) is 46.1 Å². The van der Waals surface area contributed by atoms with Gasteiger partial charge in [0, 0.05) is 11.5 Å². The van der Waals surface area contributed by atoms with Gasteiger partial charge in [0.05, 0.1) is 9.26 Å². The van der Waals surface area contributed by atoms with E-state index in [0.717, 1.165) is 6.42 Å². The Balaban J connectivity index is 1.89. The van der Waals surface area contributed by atoms with Crippen molar-refractivity contribution in [3.05, 3.63) is 21.5 Å². The van der Waals surface area contributed by atoms with Crippen LogP contribution in [0.4, 0.5) is 10.1 Å². The highest BCUT2D eigenvalue weighted by Crippen LogP contribution is 2.66. The van der Waals surface area contributed by atoms with Crippen LogP contribution in [0.2, 0.25) is 0 Å². The first-order chi connectivity index (χ1) is 9.25. The molecular weight excluding hydrogens is 368 g/mol. The molecule has 1 aromatic rings. The molecule has 110 valence electrons. The zero-order chi connectivity index (χ0) is 14.7. The van der Waals surface area contributed by atoms with E-state index in [0.29, 0.717) is 20.9 Å². The summed E-state index contributed by atoms with van der Waals surface area (Å²) in [5.41, 5.74) is 6.95. The number of anilines is 1. The molecule has 0 radical (unpaired) electrons. The third-order valence-electron chi connectivity index (χ3n) is 6.04. The van der Waals surface area contributed by atoms with Gasteiger partial charge in [0.1, 0.15) is 17.7 Å². The first-order valence-corrected chi connectivity index (χ1v) is 8.25. The summed E-state index contributed by atoms with van der Waals surface area (Å²) in [4.78, 5) is 0. The van der Waals surface area contributed by atoms with Crippen molar-refractivity contribution in [2.24, 2.45) is 16.7 Å². The van der Waals surface area contributed by atoms with Crippen molar-refractivity contribution >= 4 is 28.3 Å². The molecule has 4 heteroatoms. The summed E-state index contributed by atoms with van der Waals surface area (Å²) >= 11 is 1.95. The largest absolute Gasteiger partial charge is 0.488 e. The van der Waals surface area contributed by atoms with E-state index in [1.165, 1.54) is 18.9 Å². The van der Waals surface area contributed by atoms with Gasteiger partial charge in [-0.1, -0.05) is 20.8 Å². The molecule has 2 aliphatic carbocycles. The molecule has 20 heavy (non-hydrogen) atoms. The van der Waals surface area contributed by atoms with Crippen molar-refractivity contribution in [2.75, 3.05) is 5.73 Å². The Labute approximate surface area is 133 Å². The average molecular weight is 389 g/mol. The number of nitrogen functional groups attached to an aromatic ring is 1. The van der Waals surface area contributed by atoms with E-state index in [1.54, 1.807) is 6.07 Å². The van der Waals surface area contributed by atoms with Gasteiger partial charge >= 0.3 is 0 Å². The number of benzene rings is 1. The van der Waals surface area contributed by atoms with Crippen LogP contribution in [0, 0.1) is 26.1 Å². The fourth-order valence-corrected chi connectivity index (χ4v) is 4.60. The van der Waals surface area contributed by atoms with Crippen molar-refractivity contribution in [3.63, 3.8) is 0 Å². The standard InChI is InChI=1S/C16H21FINO/c1-15(2)9-4-5-16(15,3)14(6-9)20-13-7-10(17)11(18)8-12(13)19/h7-9,14H,4-6,19H2,1-3H3. The molecule has 1 aromatic carbocycles. The van der Waals surface area contributed by atoms with Gasteiger partial charge in [-0.3, -0.25) is 0 Å². The number of nitrogens with two attached hydrogens (primary N) is 1. The molecule has 3 unspecified atom stereocenters. The number of hydrogen-bond donors (Lipinski definition) is 1. The van der Waals surface area contributed by atoms with E-state index in [1.807, 2.05) is 22.6 Å². The number of hydrogen-bond acceptors (Lipinski definition) is 2. The molecule has 2 fully saturated rings. The Morgan fingerprint density at radius 1 is 1.35 bits per heavy atom. The fraction of sp³-hybridized carbons (Fsp3) is 0.625. The smallest absolute Gasteiger partial charge is 0.145 e. The highest BCUT2D eigenvalue weighted by Gasteiger charge is 2.62. The molecule has 3 atom stereocenters. The minimum atomic E-state index is -0.262. The van der Waals surface area contributed by atoms with E-state index in [9.17, 15) is 4.39 Å². The summed E-state index contributed by atoms with van der Waals surface area (Å²) in [6, 6.07) is 3.07. The normalized spacial score (nSPS) is 34.5. The van der Waals surface area contributed by atoms with Crippen LogP contribution < -0.4 is 10.5 Å². The van der Waals surface area contributed by atoms with Gasteiger partial charge in [-0.25, -0.2) is 4.39 Å². The van der Waals surface area contributed by atoms with Crippen LogP contribution >= 0.6 is 22.6 Å². The Bertz CT molecular complexity index is 560. The summed E-state index contributed by atoms with van der Waals surface area (Å²) < 4.78 is 20.4. The Kier molecular flexibility index (Phi) is 3.23. The molecule has 2 nitrogen and oxygen atoms in total. The van der Waals surface area contributed by atoms with E-state index in [4.69, 9.17) is 10.5 Å². The molecule has 0 aliphatic heterocycles. The van der Waals surface area contributed by atoms with Gasteiger partial charge in [0.25, 0.3) is 0 Å². The zero-order valence-electron chi connectivity index (χ0n) is 12.2. The lowest BCUT2D eigenvalue weighted by atomic mass is 9.70. The highest BCUT2D eigenvalue weighted by molar-refractivity contribution is 14.1. The van der Waals surface area contributed by atoms with Gasteiger partial charge in [-0.15, -0.1) is 0 Å². The van der Waals surface area contributed by atoms with Gasteiger partial charge in [-0.05, 0) is 59.3 Å². The Morgan fingerprint density at radius 2 is 2.05 bits per heavy atom. The highest BCUT2D eigenvalue weighted by atomic mass is 127. The lowest BCUT2D eigenvalue weighted by Gasteiger charge is -2.39. The van der Waals surface area contributed by atoms with Gasteiger partial charge in [0.2, 0.25) is 0 Å². The van der Waals surface area contributed by atoms with Crippen LogP contribution in [0.1, 0.15) is 40.0 Å². The molecule has 0 spiro atoms. The molecule has 0 heterocycles. The number of halogens is 2. The quantitative estimate of drug-likeness (QED) is 0.593. The Hall–Kier alpha value is -0.520. The van der Waals surface area contributed by atoms with Crippen molar-refractivity contribution in [3.8, 4) is 5.75 Å². The maximum Gasteiger partial charge on any atom is 0.145 e. The molecule has 3 rings (SSSR count). The summed E-state index contributed by atoms with van der Waals surface area (Å²) in [5.74, 6) is 0.937.